The Labute approximate surface area is 75.3 Å². The van der Waals surface area contributed by atoms with E-state index < -0.39 is 12.3 Å². The maximum Gasteiger partial charge on any atom is 0.131 e. The smallest absolute Gasteiger partial charge is 0.131 e. The molecule has 4 heteroatoms. The number of nitrogens with one attached hydrogen (secondary N) is 1. The summed E-state index contributed by atoms with van der Waals surface area (Å²) in [5.74, 6) is 0.119. The number of aromatic nitrogens is 2. The van der Waals surface area contributed by atoms with Crippen LogP contribution >= 0.6 is 0 Å². The fourth-order valence-electron chi connectivity index (χ4n) is 1.90. The Hall–Kier alpha value is -0.930. The van der Waals surface area contributed by atoms with Gasteiger partial charge < -0.3 is 0 Å². The normalized spacial score (nSPS) is 29.7. The molecule has 2 rings (SSSR count). The van der Waals surface area contributed by atoms with Crippen molar-refractivity contribution in [2.45, 2.75) is 31.6 Å². The predicted molar refractivity (Wildman–Crippen MR) is 44.8 cm³/mol. The number of alkyl halides is 2. The minimum Gasteiger partial charge on any atom is -0.285 e. The summed E-state index contributed by atoms with van der Waals surface area (Å²) in [6.07, 6.45) is 0.573. The molecule has 1 fully saturated rings. The van der Waals surface area contributed by atoms with Crippen molar-refractivity contribution in [2.75, 3.05) is 0 Å². The number of aromatic amines is 1. The first-order valence-electron chi connectivity index (χ1n) is 4.52. The highest BCUT2D eigenvalue weighted by Crippen LogP contribution is 2.32. The van der Waals surface area contributed by atoms with Crippen molar-refractivity contribution >= 4 is 0 Å². The molecule has 1 N–H and O–H groups in total. The summed E-state index contributed by atoms with van der Waals surface area (Å²) in [7, 11) is 0. The van der Waals surface area contributed by atoms with E-state index in [4.69, 9.17) is 0 Å². The minimum atomic E-state index is -1.26. The lowest BCUT2D eigenvalue weighted by Gasteiger charge is -2.04. The summed E-state index contributed by atoms with van der Waals surface area (Å²) >= 11 is 0. The molecule has 1 aromatic rings. The molecule has 0 aliphatic heterocycles. The monoisotopic (exact) mass is 186 g/mol. The maximum absolute atomic E-state index is 12.8. The number of rotatable bonds is 2. The van der Waals surface area contributed by atoms with Gasteiger partial charge in [0.25, 0.3) is 0 Å². The van der Waals surface area contributed by atoms with Crippen LogP contribution in [0.1, 0.15) is 18.5 Å². The lowest BCUT2D eigenvalue weighted by atomic mass is 10.0. The average molecular weight is 186 g/mol. The Kier molecular flexibility index (Phi) is 2.29. The number of halogens is 2. The fourth-order valence-corrected chi connectivity index (χ4v) is 1.90. The van der Waals surface area contributed by atoms with E-state index in [0.717, 1.165) is 5.69 Å². The van der Waals surface area contributed by atoms with Crippen LogP contribution in [0.25, 0.3) is 0 Å². The van der Waals surface area contributed by atoms with Crippen LogP contribution in [0, 0.1) is 5.92 Å². The van der Waals surface area contributed by atoms with E-state index in [1.54, 1.807) is 6.20 Å². The molecule has 1 saturated carbocycles. The summed E-state index contributed by atoms with van der Waals surface area (Å²) in [5, 5.41) is 6.65. The minimum absolute atomic E-state index is 0.119. The van der Waals surface area contributed by atoms with Gasteiger partial charge in [-0.1, -0.05) is 0 Å². The topological polar surface area (TPSA) is 28.7 Å². The molecule has 2 nitrogen and oxygen atoms in total. The Morgan fingerprint density at radius 3 is 2.62 bits per heavy atom. The molecule has 0 spiro atoms. The lowest BCUT2D eigenvalue weighted by molar-refractivity contribution is 0.199. The summed E-state index contributed by atoms with van der Waals surface area (Å²) in [5.41, 5.74) is 0.895. The SMILES string of the molecule is F[C@H]1CC(Cc2cc[nH]n2)C[C@@H]1F. The molecule has 2 atom stereocenters. The second kappa shape index (κ2) is 3.44. The third kappa shape index (κ3) is 1.87. The Balaban J connectivity index is 1.91. The lowest BCUT2D eigenvalue weighted by Crippen LogP contribution is -2.06. The largest absolute Gasteiger partial charge is 0.285 e. The van der Waals surface area contributed by atoms with Gasteiger partial charge >= 0.3 is 0 Å². The molecule has 72 valence electrons. The molecule has 1 aliphatic rings. The highest BCUT2D eigenvalue weighted by molar-refractivity contribution is 5.00. The van der Waals surface area contributed by atoms with Crippen LogP contribution in [0.2, 0.25) is 0 Å². The first kappa shape index (κ1) is 8.66. The highest BCUT2D eigenvalue weighted by atomic mass is 19.2. The van der Waals surface area contributed by atoms with Gasteiger partial charge in [0.1, 0.15) is 12.3 Å². The van der Waals surface area contributed by atoms with Gasteiger partial charge in [0.05, 0.1) is 5.69 Å². The maximum atomic E-state index is 12.8. The zero-order chi connectivity index (χ0) is 9.26. The molecule has 0 amide bonds. The van der Waals surface area contributed by atoms with Crippen LogP contribution in [-0.4, -0.2) is 22.5 Å². The number of hydrogen-bond acceptors (Lipinski definition) is 1. The number of H-pyrrole nitrogens is 1. The fraction of sp³-hybridized carbons (Fsp3) is 0.667. The van der Waals surface area contributed by atoms with Crippen molar-refractivity contribution in [1.29, 1.82) is 0 Å². The van der Waals surface area contributed by atoms with Gasteiger partial charge in [-0.2, -0.15) is 5.10 Å². The summed E-state index contributed by atoms with van der Waals surface area (Å²) < 4.78 is 25.6. The Bertz CT molecular complexity index is 251. The van der Waals surface area contributed by atoms with Crippen LogP contribution in [-0.2, 0) is 6.42 Å². The van der Waals surface area contributed by atoms with Gasteiger partial charge in [0.15, 0.2) is 0 Å². The standard InChI is InChI=1S/C9H12F2N2/c10-8-4-6(5-9(8)11)3-7-1-2-12-13-7/h1-2,6,8-9H,3-5H2,(H,12,13)/t8-,9-/m0/s1. The molecule has 0 aromatic carbocycles. The van der Waals surface area contributed by atoms with Gasteiger partial charge in [0, 0.05) is 6.20 Å². The van der Waals surface area contributed by atoms with Gasteiger partial charge in [-0.15, -0.1) is 0 Å². The molecular weight excluding hydrogens is 174 g/mol. The Morgan fingerprint density at radius 1 is 1.38 bits per heavy atom. The van der Waals surface area contributed by atoms with E-state index in [1.807, 2.05) is 6.07 Å². The van der Waals surface area contributed by atoms with Crippen molar-refractivity contribution in [1.82, 2.24) is 10.2 Å². The molecule has 13 heavy (non-hydrogen) atoms. The Morgan fingerprint density at radius 2 is 2.08 bits per heavy atom. The van der Waals surface area contributed by atoms with Gasteiger partial charge in [0.2, 0.25) is 0 Å². The number of hydrogen-bond donors (Lipinski definition) is 1. The zero-order valence-corrected chi connectivity index (χ0v) is 7.21. The van der Waals surface area contributed by atoms with E-state index in [0.29, 0.717) is 19.3 Å². The first-order valence-corrected chi connectivity index (χ1v) is 4.52. The summed E-state index contributed by atoms with van der Waals surface area (Å²) in [4.78, 5) is 0. The van der Waals surface area contributed by atoms with Crippen molar-refractivity contribution in [3.05, 3.63) is 18.0 Å². The molecule has 1 heterocycles. The van der Waals surface area contributed by atoms with E-state index in [9.17, 15) is 8.78 Å². The van der Waals surface area contributed by atoms with Crippen molar-refractivity contribution in [2.24, 2.45) is 5.92 Å². The highest BCUT2D eigenvalue weighted by Gasteiger charge is 2.34. The van der Waals surface area contributed by atoms with Crippen molar-refractivity contribution in [3.8, 4) is 0 Å². The molecule has 0 saturated heterocycles. The van der Waals surface area contributed by atoms with E-state index in [1.165, 1.54) is 0 Å². The molecule has 0 unspecified atom stereocenters. The molecule has 1 aliphatic carbocycles. The summed E-state index contributed by atoms with van der Waals surface area (Å²) in [6, 6.07) is 1.85. The predicted octanol–water partition coefficient (Wildman–Crippen LogP) is 2.04. The molecule has 0 radical (unpaired) electrons. The van der Waals surface area contributed by atoms with Crippen molar-refractivity contribution < 1.29 is 8.78 Å². The van der Waals surface area contributed by atoms with Crippen LogP contribution in [0.15, 0.2) is 12.3 Å². The average Bonchev–Trinajstić information content (AvgIpc) is 2.64. The summed E-state index contributed by atoms with van der Waals surface area (Å²) in [6.45, 7) is 0. The molecule has 0 bridgehead atoms. The van der Waals surface area contributed by atoms with Gasteiger partial charge in [-0.05, 0) is 31.2 Å². The molecular formula is C9H12F2N2. The second-order valence-electron chi connectivity index (χ2n) is 3.64. The van der Waals surface area contributed by atoms with Crippen LogP contribution in [0.5, 0.6) is 0 Å². The second-order valence-corrected chi connectivity index (χ2v) is 3.64. The third-order valence-electron chi connectivity index (χ3n) is 2.57. The molecule has 1 aromatic heterocycles. The van der Waals surface area contributed by atoms with E-state index in [2.05, 4.69) is 10.2 Å². The van der Waals surface area contributed by atoms with Crippen molar-refractivity contribution in [3.63, 3.8) is 0 Å². The van der Waals surface area contributed by atoms with E-state index >= 15 is 0 Å². The van der Waals surface area contributed by atoms with Crippen LogP contribution in [0.3, 0.4) is 0 Å². The first-order chi connectivity index (χ1) is 6.25. The number of nitrogens with zero attached hydrogens (tertiary/aromatic N) is 1. The van der Waals surface area contributed by atoms with Crippen LogP contribution < -0.4 is 0 Å². The van der Waals surface area contributed by atoms with Gasteiger partial charge in [-0.3, -0.25) is 5.10 Å². The quantitative estimate of drug-likeness (QED) is 0.752. The zero-order valence-electron chi connectivity index (χ0n) is 7.21. The van der Waals surface area contributed by atoms with Gasteiger partial charge in [-0.25, -0.2) is 8.78 Å². The van der Waals surface area contributed by atoms with E-state index in [-0.39, 0.29) is 5.92 Å². The third-order valence-corrected chi connectivity index (χ3v) is 2.57. The van der Waals surface area contributed by atoms with Crippen LogP contribution in [0.4, 0.5) is 8.78 Å².